The molecule has 0 aliphatic rings. The zero-order valence-corrected chi connectivity index (χ0v) is 16.0. The molecule has 1 amide bonds. The van der Waals surface area contributed by atoms with Crippen molar-refractivity contribution in [3.05, 3.63) is 54.1 Å². The van der Waals surface area contributed by atoms with Crippen LogP contribution in [0.4, 0.5) is 14.5 Å². The smallest absolute Gasteiger partial charge is 0.387 e. The van der Waals surface area contributed by atoms with Gasteiger partial charge >= 0.3 is 6.61 Å². The van der Waals surface area contributed by atoms with Crippen LogP contribution >= 0.6 is 11.8 Å². The Morgan fingerprint density at radius 2 is 1.82 bits per heavy atom. The van der Waals surface area contributed by atoms with Crippen molar-refractivity contribution in [3.63, 3.8) is 0 Å². The number of nitrogens with zero attached hydrogens (tertiary/aromatic N) is 2. The number of aromatic amines is 1. The predicted octanol–water partition coefficient (Wildman–Crippen LogP) is 4.50. The summed E-state index contributed by atoms with van der Waals surface area (Å²) in [4.78, 5) is 16.8. The molecule has 0 saturated heterocycles. The minimum absolute atomic E-state index is 0.0276. The predicted molar refractivity (Wildman–Crippen MR) is 104 cm³/mol. The molecule has 9 heteroatoms. The van der Waals surface area contributed by atoms with Crippen LogP contribution in [0, 0.1) is 6.92 Å². The summed E-state index contributed by atoms with van der Waals surface area (Å²) in [7, 11) is 0. The van der Waals surface area contributed by atoms with Crippen molar-refractivity contribution in [3.8, 4) is 17.1 Å². The second-order valence-corrected chi connectivity index (χ2v) is 7.29. The number of anilines is 1. The Morgan fingerprint density at radius 1 is 1.14 bits per heavy atom. The summed E-state index contributed by atoms with van der Waals surface area (Å²) >= 11 is 1.21. The number of benzene rings is 2. The highest BCUT2D eigenvalue weighted by molar-refractivity contribution is 8.00. The number of carbonyl (C=O) groups excluding carboxylic acids is 1. The summed E-state index contributed by atoms with van der Waals surface area (Å²) < 4.78 is 28.6. The Morgan fingerprint density at radius 3 is 2.46 bits per heavy atom. The molecule has 3 rings (SSSR count). The molecular weight excluding hydrogens is 386 g/mol. The molecule has 6 nitrogen and oxygen atoms in total. The molecule has 0 radical (unpaired) electrons. The van der Waals surface area contributed by atoms with Crippen LogP contribution in [0.15, 0.2) is 53.7 Å². The first kappa shape index (κ1) is 19.8. The second kappa shape index (κ2) is 8.83. The SMILES string of the molecule is Cc1ccc(-c2nc(SC(C)C(=O)Nc3ccc(OC(F)F)cc3)n[nH]2)cc1. The maximum atomic E-state index is 12.3. The lowest BCUT2D eigenvalue weighted by atomic mass is 10.1. The van der Waals surface area contributed by atoms with Crippen LogP contribution in [-0.2, 0) is 4.79 Å². The van der Waals surface area contributed by atoms with E-state index in [9.17, 15) is 13.6 Å². The molecule has 0 aliphatic carbocycles. The number of aryl methyl sites for hydroxylation is 1. The van der Waals surface area contributed by atoms with E-state index >= 15 is 0 Å². The van der Waals surface area contributed by atoms with Crippen LogP contribution in [0.2, 0.25) is 0 Å². The van der Waals surface area contributed by atoms with E-state index in [-0.39, 0.29) is 11.7 Å². The number of carbonyl (C=O) groups is 1. The van der Waals surface area contributed by atoms with Crippen molar-refractivity contribution in [1.29, 1.82) is 0 Å². The van der Waals surface area contributed by atoms with E-state index in [1.54, 1.807) is 6.92 Å². The minimum atomic E-state index is -2.89. The van der Waals surface area contributed by atoms with E-state index in [2.05, 4.69) is 25.2 Å². The van der Waals surface area contributed by atoms with Gasteiger partial charge in [-0.15, -0.1) is 5.10 Å². The van der Waals surface area contributed by atoms with E-state index in [0.29, 0.717) is 16.7 Å². The van der Waals surface area contributed by atoms with Gasteiger partial charge in [-0.25, -0.2) is 4.98 Å². The topological polar surface area (TPSA) is 79.9 Å². The lowest BCUT2D eigenvalue weighted by molar-refractivity contribution is -0.115. The number of nitrogens with one attached hydrogen (secondary N) is 2. The van der Waals surface area contributed by atoms with Gasteiger partial charge in [-0.2, -0.15) is 8.78 Å². The molecule has 146 valence electrons. The van der Waals surface area contributed by atoms with Gasteiger partial charge < -0.3 is 10.1 Å². The first-order chi connectivity index (χ1) is 13.4. The number of aromatic nitrogens is 3. The van der Waals surface area contributed by atoms with Crippen molar-refractivity contribution < 1.29 is 18.3 Å². The summed E-state index contributed by atoms with van der Waals surface area (Å²) in [5.74, 6) is 0.402. The lowest BCUT2D eigenvalue weighted by Gasteiger charge is -2.11. The molecule has 0 aliphatic heterocycles. The van der Waals surface area contributed by atoms with Crippen molar-refractivity contribution in [1.82, 2.24) is 15.2 Å². The van der Waals surface area contributed by atoms with Crippen molar-refractivity contribution in [2.75, 3.05) is 5.32 Å². The third-order valence-corrected chi connectivity index (χ3v) is 4.75. The molecule has 1 unspecified atom stereocenters. The van der Waals surface area contributed by atoms with E-state index in [0.717, 1.165) is 11.1 Å². The molecular formula is C19H18F2N4O2S. The fourth-order valence-electron chi connectivity index (χ4n) is 2.31. The Kier molecular flexibility index (Phi) is 6.25. The Bertz CT molecular complexity index is 930. The first-order valence-corrected chi connectivity index (χ1v) is 9.30. The van der Waals surface area contributed by atoms with Gasteiger partial charge in [0.25, 0.3) is 0 Å². The summed E-state index contributed by atoms with van der Waals surface area (Å²) in [6.07, 6.45) is 0. The highest BCUT2D eigenvalue weighted by atomic mass is 32.2. The highest BCUT2D eigenvalue weighted by Gasteiger charge is 2.18. The van der Waals surface area contributed by atoms with Crippen LogP contribution in [-0.4, -0.2) is 32.9 Å². The second-order valence-electron chi connectivity index (χ2n) is 5.98. The summed E-state index contributed by atoms with van der Waals surface area (Å²) in [5.41, 5.74) is 2.54. The number of hydrogen-bond acceptors (Lipinski definition) is 5. The zero-order chi connectivity index (χ0) is 20.1. The third kappa shape index (κ3) is 5.29. The molecule has 2 aromatic carbocycles. The quantitative estimate of drug-likeness (QED) is 0.567. The van der Waals surface area contributed by atoms with Crippen molar-refractivity contribution in [2.24, 2.45) is 0 Å². The maximum Gasteiger partial charge on any atom is 0.387 e. The zero-order valence-electron chi connectivity index (χ0n) is 15.1. The number of amides is 1. The average molecular weight is 404 g/mol. The normalized spacial score (nSPS) is 12.0. The summed E-state index contributed by atoms with van der Waals surface area (Å²) in [6, 6.07) is 13.6. The van der Waals surface area contributed by atoms with Gasteiger partial charge in [0, 0.05) is 11.3 Å². The standard InChI is InChI=1S/C19H18F2N4O2S/c1-11-3-5-13(6-4-11)16-23-19(25-24-16)28-12(2)17(26)22-14-7-9-15(10-8-14)27-18(20)21/h3-10,12,18H,1-2H3,(H,22,26)(H,23,24,25). The molecule has 28 heavy (non-hydrogen) atoms. The molecule has 1 atom stereocenters. The van der Waals surface area contributed by atoms with E-state index in [1.165, 1.54) is 36.0 Å². The molecule has 1 heterocycles. The van der Waals surface area contributed by atoms with Gasteiger partial charge in [-0.05, 0) is 38.1 Å². The number of thioether (sulfide) groups is 1. The van der Waals surface area contributed by atoms with E-state index in [4.69, 9.17) is 0 Å². The fraction of sp³-hybridized carbons (Fsp3) is 0.211. The largest absolute Gasteiger partial charge is 0.435 e. The van der Waals surface area contributed by atoms with Crippen molar-refractivity contribution in [2.45, 2.75) is 30.9 Å². The monoisotopic (exact) mass is 404 g/mol. The van der Waals surface area contributed by atoms with Gasteiger partial charge in [0.05, 0.1) is 5.25 Å². The molecule has 1 aromatic heterocycles. The van der Waals surface area contributed by atoms with Gasteiger partial charge in [0.15, 0.2) is 5.82 Å². The van der Waals surface area contributed by atoms with Crippen molar-refractivity contribution >= 4 is 23.4 Å². The Hall–Kier alpha value is -2.94. The van der Waals surface area contributed by atoms with Gasteiger partial charge in [-0.3, -0.25) is 9.89 Å². The number of alkyl halides is 2. The Labute approximate surface area is 164 Å². The van der Waals surface area contributed by atoms with Crippen LogP contribution in [0.5, 0.6) is 5.75 Å². The Balaban J connectivity index is 1.57. The maximum absolute atomic E-state index is 12.3. The molecule has 0 saturated carbocycles. The van der Waals surface area contributed by atoms with Crippen LogP contribution < -0.4 is 10.1 Å². The third-order valence-electron chi connectivity index (χ3n) is 3.79. The van der Waals surface area contributed by atoms with E-state index < -0.39 is 11.9 Å². The molecule has 0 spiro atoms. The van der Waals surface area contributed by atoms with Gasteiger partial charge in [-0.1, -0.05) is 41.6 Å². The van der Waals surface area contributed by atoms with E-state index in [1.807, 2.05) is 31.2 Å². The minimum Gasteiger partial charge on any atom is -0.435 e. The molecule has 3 aromatic rings. The van der Waals surface area contributed by atoms with Gasteiger partial charge in [0.1, 0.15) is 5.75 Å². The van der Waals surface area contributed by atoms with Crippen LogP contribution in [0.1, 0.15) is 12.5 Å². The number of H-pyrrole nitrogens is 1. The van der Waals surface area contributed by atoms with Gasteiger partial charge in [0.2, 0.25) is 11.1 Å². The number of rotatable bonds is 7. The van der Waals surface area contributed by atoms with Crippen LogP contribution in [0.25, 0.3) is 11.4 Å². The first-order valence-electron chi connectivity index (χ1n) is 8.42. The number of hydrogen-bond donors (Lipinski definition) is 2. The fourth-order valence-corrected chi connectivity index (χ4v) is 3.04. The lowest BCUT2D eigenvalue weighted by Crippen LogP contribution is -2.22. The highest BCUT2D eigenvalue weighted by Crippen LogP contribution is 2.24. The molecule has 0 fully saturated rings. The van der Waals surface area contributed by atoms with Crippen LogP contribution in [0.3, 0.4) is 0 Å². The average Bonchev–Trinajstić information content (AvgIpc) is 3.12. The molecule has 2 N–H and O–H groups in total. The summed E-state index contributed by atoms with van der Waals surface area (Å²) in [6.45, 7) is 0.851. The summed E-state index contributed by atoms with van der Waals surface area (Å²) in [5, 5.41) is 9.73. The number of halogens is 2. The molecule has 0 bridgehead atoms. The number of ether oxygens (including phenoxy) is 1.